The van der Waals surface area contributed by atoms with Crippen LogP contribution in [0.2, 0.25) is 0 Å². The summed E-state index contributed by atoms with van der Waals surface area (Å²) in [6.45, 7) is 0.274. The molecule has 0 aliphatic rings. The maximum absolute atomic E-state index is 12.3. The molecule has 6 nitrogen and oxygen atoms in total. The lowest BCUT2D eigenvalue weighted by Crippen LogP contribution is -2.36. The summed E-state index contributed by atoms with van der Waals surface area (Å²) in [7, 11) is 1.66. The number of aliphatic imine (C=N–C) groups is 1. The van der Waals surface area contributed by atoms with Crippen molar-refractivity contribution in [3.63, 3.8) is 0 Å². The Kier molecular flexibility index (Phi) is 9.52. The van der Waals surface area contributed by atoms with Crippen LogP contribution in [0.4, 0.5) is 8.78 Å². The van der Waals surface area contributed by atoms with E-state index in [4.69, 9.17) is 9.15 Å². The van der Waals surface area contributed by atoms with Gasteiger partial charge in [0.25, 0.3) is 6.43 Å². The van der Waals surface area contributed by atoms with Crippen molar-refractivity contribution >= 4 is 29.9 Å². The van der Waals surface area contributed by atoms with Gasteiger partial charge in [-0.15, -0.1) is 24.0 Å². The lowest BCUT2D eigenvalue weighted by Gasteiger charge is -2.12. The predicted octanol–water partition coefficient (Wildman–Crippen LogP) is 4.47. The number of guanidine groups is 1. The Labute approximate surface area is 190 Å². The van der Waals surface area contributed by atoms with Crippen LogP contribution in [-0.4, -0.2) is 31.0 Å². The number of aromatic nitrogens is 1. The standard InChI is InChI=1S/C21H22F2N4O2.HI/c1-24-21(25-11-15-6-5-9-18(10-15)28-14-19(22)23)26-12-17-13-29-20(27-17)16-7-3-2-4-8-16;/h2-10,13,19H,11-12,14H2,1H3,(H2,24,25,26);1H. The predicted molar refractivity (Wildman–Crippen MR) is 122 cm³/mol. The van der Waals surface area contributed by atoms with E-state index < -0.39 is 13.0 Å². The van der Waals surface area contributed by atoms with E-state index in [1.807, 2.05) is 36.4 Å². The maximum atomic E-state index is 12.3. The van der Waals surface area contributed by atoms with Crippen molar-refractivity contribution in [2.75, 3.05) is 13.7 Å². The van der Waals surface area contributed by atoms with Gasteiger partial charge in [0.1, 0.15) is 18.6 Å². The van der Waals surface area contributed by atoms with Crippen LogP contribution in [0.3, 0.4) is 0 Å². The molecule has 0 saturated carbocycles. The van der Waals surface area contributed by atoms with Crippen molar-refractivity contribution in [3.05, 3.63) is 72.1 Å². The highest BCUT2D eigenvalue weighted by molar-refractivity contribution is 14.0. The molecular formula is C21H23F2IN4O2. The second-order valence-corrected chi connectivity index (χ2v) is 6.14. The summed E-state index contributed by atoms with van der Waals surface area (Å²) in [6, 6.07) is 16.7. The van der Waals surface area contributed by atoms with Crippen LogP contribution in [0.15, 0.2) is 70.3 Å². The molecule has 2 aromatic carbocycles. The Balaban J connectivity index is 0.00000320. The maximum Gasteiger partial charge on any atom is 0.272 e. The molecule has 0 aliphatic heterocycles. The van der Waals surface area contributed by atoms with E-state index in [0.717, 1.165) is 16.8 Å². The highest BCUT2D eigenvalue weighted by Gasteiger charge is 2.08. The fourth-order valence-corrected chi connectivity index (χ4v) is 2.59. The smallest absolute Gasteiger partial charge is 0.272 e. The van der Waals surface area contributed by atoms with Gasteiger partial charge in [0.15, 0.2) is 5.96 Å². The molecule has 0 amide bonds. The number of hydrogen-bond acceptors (Lipinski definition) is 4. The second kappa shape index (κ2) is 12.1. The molecule has 30 heavy (non-hydrogen) atoms. The van der Waals surface area contributed by atoms with Crippen LogP contribution in [0.25, 0.3) is 11.5 Å². The molecule has 3 aromatic rings. The van der Waals surface area contributed by atoms with Crippen LogP contribution in [-0.2, 0) is 13.1 Å². The minimum Gasteiger partial charge on any atom is -0.488 e. The van der Waals surface area contributed by atoms with E-state index in [2.05, 4.69) is 20.6 Å². The van der Waals surface area contributed by atoms with Crippen LogP contribution in [0.5, 0.6) is 5.75 Å². The Morgan fingerprint density at radius 1 is 1.10 bits per heavy atom. The average Bonchev–Trinajstić information content (AvgIpc) is 3.22. The van der Waals surface area contributed by atoms with Gasteiger partial charge in [-0.1, -0.05) is 30.3 Å². The van der Waals surface area contributed by atoms with Gasteiger partial charge in [-0.2, -0.15) is 0 Å². The lowest BCUT2D eigenvalue weighted by molar-refractivity contribution is 0.0818. The highest BCUT2D eigenvalue weighted by atomic mass is 127. The van der Waals surface area contributed by atoms with E-state index >= 15 is 0 Å². The number of hydrogen-bond donors (Lipinski definition) is 2. The molecule has 0 unspecified atom stereocenters. The van der Waals surface area contributed by atoms with E-state index in [-0.39, 0.29) is 24.0 Å². The van der Waals surface area contributed by atoms with Gasteiger partial charge in [0, 0.05) is 19.2 Å². The van der Waals surface area contributed by atoms with Gasteiger partial charge in [0.05, 0.1) is 12.2 Å². The highest BCUT2D eigenvalue weighted by Crippen LogP contribution is 2.18. The number of ether oxygens (including phenoxy) is 1. The van der Waals surface area contributed by atoms with Crippen LogP contribution < -0.4 is 15.4 Å². The molecule has 0 saturated heterocycles. The zero-order valence-corrected chi connectivity index (χ0v) is 18.7. The minimum absolute atomic E-state index is 0. The summed E-state index contributed by atoms with van der Waals surface area (Å²) in [5.41, 5.74) is 2.54. The number of halogens is 3. The molecule has 1 heterocycles. The van der Waals surface area contributed by atoms with Crippen LogP contribution in [0, 0.1) is 0 Å². The third-order valence-corrected chi connectivity index (χ3v) is 3.97. The minimum atomic E-state index is -2.50. The normalized spacial score (nSPS) is 11.1. The SMILES string of the molecule is CN=C(NCc1cccc(OCC(F)F)c1)NCc1coc(-c2ccccc2)n1.I. The molecule has 0 fully saturated rings. The van der Waals surface area contributed by atoms with E-state index in [0.29, 0.717) is 30.7 Å². The first kappa shape index (κ1) is 23.6. The number of nitrogens with zero attached hydrogens (tertiary/aromatic N) is 2. The Hall–Kier alpha value is -2.69. The summed E-state index contributed by atoms with van der Waals surface area (Å²) in [4.78, 5) is 8.63. The number of oxazole rings is 1. The molecule has 0 atom stereocenters. The Morgan fingerprint density at radius 3 is 2.60 bits per heavy atom. The van der Waals surface area contributed by atoms with Gasteiger partial charge in [-0.05, 0) is 29.8 Å². The molecule has 0 spiro atoms. The zero-order chi connectivity index (χ0) is 20.5. The van der Waals surface area contributed by atoms with Gasteiger partial charge >= 0.3 is 0 Å². The molecule has 2 N–H and O–H groups in total. The molecule has 0 bridgehead atoms. The largest absolute Gasteiger partial charge is 0.488 e. The van der Waals surface area contributed by atoms with Crippen molar-refractivity contribution in [2.45, 2.75) is 19.5 Å². The van der Waals surface area contributed by atoms with Gasteiger partial charge in [-0.3, -0.25) is 4.99 Å². The summed E-state index contributed by atoms with van der Waals surface area (Å²) in [6.07, 6.45) is -0.898. The number of alkyl halides is 2. The third kappa shape index (κ3) is 7.29. The molecular weight excluding hydrogens is 505 g/mol. The first-order valence-corrected chi connectivity index (χ1v) is 9.08. The number of benzene rings is 2. The molecule has 160 valence electrons. The monoisotopic (exact) mass is 528 g/mol. The van der Waals surface area contributed by atoms with Crippen molar-refractivity contribution < 1.29 is 17.9 Å². The molecule has 0 aliphatic carbocycles. The van der Waals surface area contributed by atoms with Crippen molar-refractivity contribution in [2.24, 2.45) is 4.99 Å². The van der Waals surface area contributed by atoms with Crippen molar-refractivity contribution in [3.8, 4) is 17.2 Å². The molecule has 0 radical (unpaired) electrons. The summed E-state index contributed by atoms with van der Waals surface area (Å²) in [5.74, 6) is 1.54. The van der Waals surface area contributed by atoms with Gasteiger partial charge in [0.2, 0.25) is 5.89 Å². The third-order valence-electron chi connectivity index (χ3n) is 3.97. The van der Waals surface area contributed by atoms with Gasteiger partial charge in [-0.25, -0.2) is 13.8 Å². The van der Waals surface area contributed by atoms with E-state index in [9.17, 15) is 8.78 Å². The van der Waals surface area contributed by atoms with Gasteiger partial charge < -0.3 is 19.8 Å². The molecule has 9 heteroatoms. The summed E-state index contributed by atoms with van der Waals surface area (Å²) < 4.78 is 35.1. The zero-order valence-electron chi connectivity index (χ0n) is 16.3. The van der Waals surface area contributed by atoms with Crippen LogP contribution >= 0.6 is 24.0 Å². The molecule has 3 rings (SSSR count). The number of rotatable bonds is 8. The fraction of sp³-hybridized carbons (Fsp3) is 0.238. The van der Waals surface area contributed by atoms with E-state index in [1.54, 1.807) is 31.5 Å². The van der Waals surface area contributed by atoms with E-state index in [1.165, 1.54) is 0 Å². The topological polar surface area (TPSA) is 71.7 Å². The first-order chi connectivity index (χ1) is 14.1. The Bertz CT molecular complexity index is 936. The fourth-order valence-electron chi connectivity index (χ4n) is 2.59. The van der Waals surface area contributed by atoms with Crippen LogP contribution in [0.1, 0.15) is 11.3 Å². The number of nitrogens with one attached hydrogen (secondary N) is 2. The Morgan fingerprint density at radius 2 is 1.87 bits per heavy atom. The van der Waals surface area contributed by atoms with Crippen molar-refractivity contribution in [1.82, 2.24) is 15.6 Å². The summed E-state index contributed by atoms with van der Waals surface area (Å²) in [5, 5.41) is 6.32. The molecule has 1 aromatic heterocycles. The second-order valence-electron chi connectivity index (χ2n) is 6.14. The lowest BCUT2D eigenvalue weighted by atomic mass is 10.2. The van der Waals surface area contributed by atoms with Crippen molar-refractivity contribution in [1.29, 1.82) is 0 Å². The quantitative estimate of drug-likeness (QED) is 0.257. The average molecular weight is 528 g/mol. The first-order valence-electron chi connectivity index (χ1n) is 9.08. The summed E-state index contributed by atoms with van der Waals surface area (Å²) >= 11 is 0.